The molecule has 0 spiro atoms. The van der Waals surface area contributed by atoms with Crippen molar-refractivity contribution in [2.24, 2.45) is 10.7 Å². The molecule has 15 heavy (non-hydrogen) atoms. The summed E-state index contributed by atoms with van der Waals surface area (Å²) in [6, 6.07) is 0.455. The van der Waals surface area contributed by atoms with Gasteiger partial charge in [-0.3, -0.25) is 0 Å². The molecule has 0 aromatic rings. The van der Waals surface area contributed by atoms with Gasteiger partial charge < -0.3 is 15.7 Å². The summed E-state index contributed by atoms with van der Waals surface area (Å²) < 4.78 is 0. The highest BCUT2D eigenvalue weighted by Crippen LogP contribution is 2.21. The van der Waals surface area contributed by atoms with Crippen molar-refractivity contribution >= 4 is 5.96 Å². The number of piperidine rings is 1. The second kappa shape index (κ2) is 4.84. The van der Waals surface area contributed by atoms with Crippen LogP contribution in [0.4, 0.5) is 0 Å². The molecular formula is C11H21N3O. The first-order valence-corrected chi connectivity index (χ1v) is 6.02. The Bertz CT molecular complexity index is 228. The van der Waals surface area contributed by atoms with Crippen molar-refractivity contribution in [2.45, 2.75) is 50.7 Å². The lowest BCUT2D eigenvalue weighted by molar-refractivity contribution is 0.108. The van der Waals surface area contributed by atoms with Crippen molar-refractivity contribution < 1.29 is 5.11 Å². The highest BCUT2D eigenvalue weighted by molar-refractivity contribution is 5.78. The van der Waals surface area contributed by atoms with Gasteiger partial charge in [0.05, 0.1) is 12.1 Å². The van der Waals surface area contributed by atoms with E-state index in [2.05, 4.69) is 9.89 Å². The van der Waals surface area contributed by atoms with E-state index in [4.69, 9.17) is 5.73 Å². The fourth-order valence-electron chi connectivity index (χ4n) is 2.40. The average Bonchev–Trinajstić information content (AvgIpc) is 2.71. The molecule has 0 atom stereocenters. The lowest BCUT2D eigenvalue weighted by Gasteiger charge is -2.30. The van der Waals surface area contributed by atoms with Gasteiger partial charge in [0.2, 0.25) is 0 Å². The Kier molecular flexibility index (Phi) is 3.46. The quantitative estimate of drug-likeness (QED) is 0.496. The number of aliphatic imine (C=N–C) groups is 1. The van der Waals surface area contributed by atoms with Crippen LogP contribution in [-0.4, -0.2) is 41.2 Å². The zero-order valence-corrected chi connectivity index (χ0v) is 9.23. The third-order valence-electron chi connectivity index (χ3n) is 3.43. The van der Waals surface area contributed by atoms with Gasteiger partial charge in [-0.1, -0.05) is 12.8 Å². The number of likely N-dealkylation sites (tertiary alicyclic amines) is 1. The van der Waals surface area contributed by atoms with E-state index in [1.54, 1.807) is 0 Å². The van der Waals surface area contributed by atoms with Crippen LogP contribution in [0.2, 0.25) is 0 Å². The van der Waals surface area contributed by atoms with Crippen LogP contribution in [0.3, 0.4) is 0 Å². The van der Waals surface area contributed by atoms with Crippen molar-refractivity contribution in [2.75, 3.05) is 13.1 Å². The van der Waals surface area contributed by atoms with Crippen molar-refractivity contribution in [1.82, 2.24) is 4.90 Å². The van der Waals surface area contributed by atoms with E-state index in [9.17, 15) is 5.11 Å². The standard InChI is InChI=1S/C11H21N3O/c12-11(13-9-3-1-2-4-9)14-7-5-10(15)6-8-14/h9-10,15H,1-8H2,(H2,12,13). The highest BCUT2D eigenvalue weighted by Gasteiger charge is 2.20. The molecule has 2 aliphatic rings. The molecule has 2 fully saturated rings. The minimum atomic E-state index is -0.138. The van der Waals surface area contributed by atoms with Crippen molar-refractivity contribution in [3.05, 3.63) is 0 Å². The Balaban J connectivity index is 1.86. The maximum Gasteiger partial charge on any atom is 0.191 e. The molecule has 0 amide bonds. The zero-order chi connectivity index (χ0) is 10.7. The SMILES string of the molecule is NC(=NC1CCCC1)N1CCC(O)CC1. The summed E-state index contributed by atoms with van der Waals surface area (Å²) in [5.41, 5.74) is 5.97. The minimum Gasteiger partial charge on any atom is -0.393 e. The van der Waals surface area contributed by atoms with Crippen LogP contribution in [0.5, 0.6) is 0 Å². The largest absolute Gasteiger partial charge is 0.393 e. The number of hydrogen-bond donors (Lipinski definition) is 2. The molecule has 3 N–H and O–H groups in total. The Morgan fingerprint density at radius 3 is 2.33 bits per heavy atom. The Hall–Kier alpha value is -0.770. The normalized spacial score (nSPS) is 26.2. The van der Waals surface area contributed by atoms with Crippen molar-refractivity contribution in [3.8, 4) is 0 Å². The number of nitrogens with zero attached hydrogens (tertiary/aromatic N) is 2. The molecule has 4 nitrogen and oxygen atoms in total. The summed E-state index contributed by atoms with van der Waals surface area (Å²) in [6.07, 6.45) is 6.47. The molecule has 4 heteroatoms. The van der Waals surface area contributed by atoms with E-state index in [1.165, 1.54) is 25.7 Å². The maximum atomic E-state index is 9.39. The molecular weight excluding hydrogens is 190 g/mol. The summed E-state index contributed by atoms with van der Waals surface area (Å²) in [5.74, 6) is 0.689. The first-order chi connectivity index (χ1) is 7.25. The predicted molar refractivity (Wildman–Crippen MR) is 60.7 cm³/mol. The fourth-order valence-corrected chi connectivity index (χ4v) is 2.40. The van der Waals surface area contributed by atoms with Gasteiger partial charge >= 0.3 is 0 Å². The predicted octanol–water partition coefficient (Wildman–Crippen LogP) is 0.700. The van der Waals surface area contributed by atoms with Crippen LogP contribution < -0.4 is 5.73 Å². The topological polar surface area (TPSA) is 61.8 Å². The van der Waals surface area contributed by atoms with Gasteiger partial charge in [-0.05, 0) is 25.7 Å². The number of hydrogen-bond acceptors (Lipinski definition) is 2. The number of aliphatic hydroxyl groups excluding tert-OH is 1. The van der Waals surface area contributed by atoms with E-state index in [0.717, 1.165) is 25.9 Å². The van der Waals surface area contributed by atoms with Gasteiger partial charge in [0, 0.05) is 13.1 Å². The highest BCUT2D eigenvalue weighted by atomic mass is 16.3. The number of guanidine groups is 1. The van der Waals surface area contributed by atoms with Crippen molar-refractivity contribution in [3.63, 3.8) is 0 Å². The Morgan fingerprint density at radius 2 is 1.73 bits per heavy atom. The summed E-state index contributed by atoms with van der Waals surface area (Å²) in [6.45, 7) is 1.70. The molecule has 1 aliphatic heterocycles. The Morgan fingerprint density at radius 1 is 1.13 bits per heavy atom. The molecule has 0 unspecified atom stereocenters. The van der Waals surface area contributed by atoms with Crippen LogP contribution >= 0.6 is 0 Å². The van der Waals surface area contributed by atoms with Gasteiger partial charge in [0.1, 0.15) is 0 Å². The zero-order valence-electron chi connectivity index (χ0n) is 9.23. The molecule has 0 radical (unpaired) electrons. The molecule has 0 aromatic heterocycles. The second-order valence-corrected chi connectivity index (χ2v) is 4.64. The second-order valence-electron chi connectivity index (χ2n) is 4.64. The van der Waals surface area contributed by atoms with Crippen LogP contribution in [0.1, 0.15) is 38.5 Å². The molecule has 1 saturated heterocycles. The van der Waals surface area contributed by atoms with Crippen LogP contribution in [-0.2, 0) is 0 Å². The lowest BCUT2D eigenvalue weighted by Crippen LogP contribution is -2.44. The van der Waals surface area contributed by atoms with Gasteiger partial charge in [0.25, 0.3) is 0 Å². The number of nitrogens with two attached hydrogens (primary N) is 1. The molecule has 1 saturated carbocycles. The number of rotatable bonds is 1. The van der Waals surface area contributed by atoms with Crippen LogP contribution in [0, 0.1) is 0 Å². The first kappa shape index (κ1) is 10.7. The summed E-state index contributed by atoms with van der Waals surface area (Å²) >= 11 is 0. The molecule has 0 bridgehead atoms. The van der Waals surface area contributed by atoms with Crippen molar-refractivity contribution in [1.29, 1.82) is 0 Å². The fraction of sp³-hybridized carbons (Fsp3) is 0.909. The smallest absolute Gasteiger partial charge is 0.191 e. The molecule has 1 aliphatic carbocycles. The summed E-state index contributed by atoms with van der Waals surface area (Å²) in [4.78, 5) is 6.67. The Labute approximate surface area is 91.2 Å². The molecule has 0 aromatic carbocycles. The molecule has 2 rings (SSSR count). The summed E-state index contributed by atoms with van der Waals surface area (Å²) in [5, 5.41) is 9.39. The van der Waals surface area contributed by atoms with E-state index in [1.807, 2.05) is 0 Å². The maximum absolute atomic E-state index is 9.39. The lowest BCUT2D eigenvalue weighted by atomic mass is 10.1. The van der Waals surface area contributed by atoms with Gasteiger partial charge in [-0.25, -0.2) is 4.99 Å². The molecule has 1 heterocycles. The van der Waals surface area contributed by atoms with Gasteiger partial charge in [-0.15, -0.1) is 0 Å². The molecule has 86 valence electrons. The third kappa shape index (κ3) is 2.84. The van der Waals surface area contributed by atoms with E-state index in [-0.39, 0.29) is 6.10 Å². The van der Waals surface area contributed by atoms with E-state index < -0.39 is 0 Å². The number of aliphatic hydroxyl groups is 1. The minimum absolute atomic E-state index is 0.138. The van der Waals surface area contributed by atoms with Crippen LogP contribution in [0.15, 0.2) is 4.99 Å². The van der Waals surface area contributed by atoms with Gasteiger partial charge in [0.15, 0.2) is 5.96 Å². The third-order valence-corrected chi connectivity index (χ3v) is 3.43. The average molecular weight is 211 g/mol. The van der Waals surface area contributed by atoms with Gasteiger partial charge in [-0.2, -0.15) is 0 Å². The monoisotopic (exact) mass is 211 g/mol. The van der Waals surface area contributed by atoms with E-state index in [0.29, 0.717) is 12.0 Å². The first-order valence-electron chi connectivity index (χ1n) is 6.02. The van der Waals surface area contributed by atoms with Crippen LogP contribution in [0.25, 0.3) is 0 Å². The summed E-state index contributed by atoms with van der Waals surface area (Å²) in [7, 11) is 0. The van der Waals surface area contributed by atoms with E-state index >= 15 is 0 Å².